The average Bonchev–Trinajstić information content (AvgIpc) is 2.73. The summed E-state index contributed by atoms with van der Waals surface area (Å²) in [6.45, 7) is 3.97. The molecule has 0 bridgehead atoms. The summed E-state index contributed by atoms with van der Waals surface area (Å²) in [5.74, 6) is 0.396. The first-order valence-electron chi connectivity index (χ1n) is 6.24. The van der Waals surface area contributed by atoms with Crippen LogP contribution in [0, 0.1) is 11.7 Å². The third-order valence-corrected chi connectivity index (χ3v) is 4.13. The van der Waals surface area contributed by atoms with E-state index in [4.69, 9.17) is 16.0 Å². The Labute approximate surface area is 110 Å². The SMILES string of the molecule is C[C@H]1CNCC[C@H]1c1c(F)ccc2c(Cl)coc12. The van der Waals surface area contributed by atoms with Crippen molar-refractivity contribution in [1.29, 1.82) is 0 Å². The van der Waals surface area contributed by atoms with Crippen molar-refractivity contribution < 1.29 is 8.81 Å². The predicted molar refractivity (Wildman–Crippen MR) is 70.6 cm³/mol. The van der Waals surface area contributed by atoms with E-state index in [9.17, 15) is 4.39 Å². The first kappa shape index (κ1) is 12.0. The van der Waals surface area contributed by atoms with Crippen molar-refractivity contribution in [2.24, 2.45) is 5.92 Å². The molecule has 1 aromatic carbocycles. The van der Waals surface area contributed by atoms with E-state index >= 15 is 0 Å². The Morgan fingerprint density at radius 3 is 3.06 bits per heavy atom. The lowest BCUT2D eigenvalue weighted by molar-refractivity contribution is 0.341. The Balaban J connectivity index is 2.17. The zero-order valence-corrected chi connectivity index (χ0v) is 10.9. The van der Waals surface area contributed by atoms with Crippen molar-refractivity contribution >= 4 is 22.6 Å². The molecule has 0 unspecified atom stereocenters. The standard InChI is InChI=1S/C14H15ClFNO/c1-8-6-17-5-4-9(8)13-12(16)3-2-10-11(15)7-18-14(10)13/h2-3,7-9,17H,4-6H2,1H3/t8-,9+/m0/s1. The van der Waals surface area contributed by atoms with Gasteiger partial charge in [0.1, 0.15) is 17.7 Å². The van der Waals surface area contributed by atoms with Gasteiger partial charge in [-0.05, 0) is 43.5 Å². The second-order valence-corrected chi connectivity index (χ2v) is 5.41. The smallest absolute Gasteiger partial charge is 0.141 e. The molecule has 0 aliphatic carbocycles. The fourth-order valence-corrected chi connectivity index (χ4v) is 3.05. The molecule has 0 spiro atoms. The van der Waals surface area contributed by atoms with Crippen LogP contribution in [0.1, 0.15) is 24.8 Å². The van der Waals surface area contributed by atoms with Crippen LogP contribution in [0.3, 0.4) is 0 Å². The van der Waals surface area contributed by atoms with Gasteiger partial charge in [-0.2, -0.15) is 0 Å². The zero-order valence-electron chi connectivity index (χ0n) is 10.2. The van der Waals surface area contributed by atoms with Gasteiger partial charge < -0.3 is 9.73 Å². The molecule has 4 heteroatoms. The molecular formula is C14H15ClFNO. The van der Waals surface area contributed by atoms with Crippen LogP contribution in [0.15, 0.2) is 22.8 Å². The van der Waals surface area contributed by atoms with E-state index in [1.54, 1.807) is 6.07 Å². The van der Waals surface area contributed by atoms with Gasteiger partial charge in [-0.15, -0.1) is 0 Å². The quantitative estimate of drug-likeness (QED) is 0.847. The highest BCUT2D eigenvalue weighted by Crippen LogP contribution is 2.39. The molecule has 1 N–H and O–H groups in total. The molecule has 1 aliphatic heterocycles. The van der Waals surface area contributed by atoms with Crippen molar-refractivity contribution in [2.75, 3.05) is 13.1 Å². The van der Waals surface area contributed by atoms with Crippen LogP contribution in [0.5, 0.6) is 0 Å². The Bertz CT molecular complexity index is 580. The Kier molecular flexibility index (Phi) is 3.04. The van der Waals surface area contributed by atoms with Crippen LogP contribution in [0.4, 0.5) is 4.39 Å². The maximum atomic E-state index is 14.2. The number of piperidine rings is 1. The van der Waals surface area contributed by atoms with E-state index in [0.717, 1.165) is 24.9 Å². The molecule has 96 valence electrons. The Hall–Kier alpha value is -1.06. The van der Waals surface area contributed by atoms with E-state index in [-0.39, 0.29) is 11.7 Å². The lowest BCUT2D eigenvalue weighted by Gasteiger charge is -2.30. The van der Waals surface area contributed by atoms with Gasteiger partial charge in [0, 0.05) is 10.9 Å². The van der Waals surface area contributed by atoms with Crippen LogP contribution in [0.2, 0.25) is 5.02 Å². The van der Waals surface area contributed by atoms with Crippen molar-refractivity contribution in [2.45, 2.75) is 19.3 Å². The summed E-state index contributed by atoms with van der Waals surface area (Å²) in [5.41, 5.74) is 1.30. The third kappa shape index (κ3) is 1.82. The van der Waals surface area contributed by atoms with E-state index < -0.39 is 0 Å². The molecule has 3 rings (SSSR count). The highest BCUT2D eigenvalue weighted by molar-refractivity contribution is 6.35. The number of rotatable bonds is 1. The molecule has 2 nitrogen and oxygen atoms in total. The summed E-state index contributed by atoms with van der Waals surface area (Å²) >= 11 is 6.04. The minimum atomic E-state index is -0.188. The number of furan rings is 1. The van der Waals surface area contributed by atoms with E-state index in [0.29, 0.717) is 22.1 Å². The first-order chi connectivity index (χ1) is 8.68. The van der Waals surface area contributed by atoms with Gasteiger partial charge >= 0.3 is 0 Å². The Morgan fingerprint density at radius 1 is 1.44 bits per heavy atom. The summed E-state index contributed by atoms with van der Waals surface area (Å²) in [4.78, 5) is 0. The van der Waals surface area contributed by atoms with Crippen molar-refractivity contribution in [3.05, 3.63) is 34.8 Å². The number of hydrogen-bond donors (Lipinski definition) is 1. The molecule has 0 saturated carbocycles. The average molecular weight is 268 g/mol. The number of nitrogens with one attached hydrogen (secondary N) is 1. The Morgan fingerprint density at radius 2 is 2.28 bits per heavy atom. The number of hydrogen-bond acceptors (Lipinski definition) is 2. The highest BCUT2D eigenvalue weighted by Gasteiger charge is 2.28. The normalized spacial score (nSPS) is 24.6. The highest BCUT2D eigenvalue weighted by atomic mass is 35.5. The van der Waals surface area contributed by atoms with Gasteiger partial charge in [0.15, 0.2) is 0 Å². The van der Waals surface area contributed by atoms with E-state index in [1.807, 2.05) is 0 Å². The largest absolute Gasteiger partial charge is 0.462 e. The lowest BCUT2D eigenvalue weighted by Crippen LogP contribution is -2.34. The number of halogens is 2. The molecule has 1 aromatic heterocycles. The molecule has 1 aliphatic rings. The predicted octanol–water partition coefficient (Wildman–Crippen LogP) is 3.94. The first-order valence-corrected chi connectivity index (χ1v) is 6.62. The number of benzene rings is 1. The molecular weight excluding hydrogens is 253 g/mol. The minimum Gasteiger partial charge on any atom is -0.462 e. The number of fused-ring (bicyclic) bond motifs is 1. The monoisotopic (exact) mass is 267 g/mol. The van der Waals surface area contributed by atoms with E-state index in [2.05, 4.69) is 12.2 Å². The molecule has 2 heterocycles. The van der Waals surface area contributed by atoms with Crippen LogP contribution in [-0.2, 0) is 0 Å². The van der Waals surface area contributed by atoms with E-state index in [1.165, 1.54) is 12.3 Å². The van der Waals surface area contributed by atoms with Crippen LogP contribution >= 0.6 is 11.6 Å². The van der Waals surface area contributed by atoms with Gasteiger partial charge in [0.25, 0.3) is 0 Å². The minimum absolute atomic E-state index is 0.188. The van der Waals surface area contributed by atoms with Crippen LogP contribution in [-0.4, -0.2) is 13.1 Å². The molecule has 2 atom stereocenters. The fourth-order valence-electron chi connectivity index (χ4n) is 2.85. The fraction of sp³-hybridized carbons (Fsp3) is 0.429. The van der Waals surface area contributed by atoms with Gasteiger partial charge in [-0.25, -0.2) is 4.39 Å². The summed E-state index contributed by atoms with van der Waals surface area (Å²) in [5, 5.41) is 4.68. The maximum Gasteiger partial charge on any atom is 0.141 e. The topological polar surface area (TPSA) is 25.2 Å². The molecule has 1 saturated heterocycles. The summed E-state index contributed by atoms with van der Waals surface area (Å²) in [6, 6.07) is 3.18. The maximum absolute atomic E-state index is 14.2. The van der Waals surface area contributed by atoms with Gasteiger partial charge in [0.2, 0.25) is 0 Å². The summed E-state index contributed by atoms with van der Waals surface area (Å²) in [6.07, 6.45) is 2.41. The molecule has 18 heavy (non-hydrogen) atoms. The molecule has 0 amide bonds. The van der Waals surface area contributed by atoms with Gasteiger partial charge in [0.05, 0.1) is 5.02 Å². The lowest BCUT2D eigenvalue weighted by atomic mass is 9.81. The van der Waals surface area contributed by atoms with Crippen molar-refractivity contribution in [3.8, 4) is 0 Å². The third-order valence-electron chi connectivity index (χ3n) is 3.84. The zero-order chi connectivity index (χ0) is 12.7. The second-order valence-electron chi connectivity index (χ2n) is 5.00. The molecule has 2 aromatic rings. The van der Waals surface area contributed by atoms with Crippen molar-refractivity contribution in [1.82, 2.24) is 5.32 Å². The summed E-state index contributed by atoms with van der Waals surface area (Å²) in [7, 11) is 0. The van der Waals surface area contributed by atoms with Gasteiger partial charge in [-0.3, -0.25) is 0 Å². The van der Waals surface area contributed by atoms with Crippen molar-refractivity contribution in [3.63, 3.8) is 0 Å². The second kappa shape index (κ2) is 4.56. The van der Waals surface area contributed by atoms with Gasteiger partial charge in [-0.1, -0.05) is 18.5 Å². The summed E-state index contributed by atoms with van der Waals surface area (Å²) < 4.78 is 19.6. The molecule has 1 fully saturated rings. The van der Waals surface area contributed by atoms with Crippen LogP contribution < -0.4 is 5.32 Å². The van der Waals surface area contributed by atoms with Crippen LogP contribution in [0.25, 0.3) is 11.0 Å². The molecule has 0 radical (unpaired) electrons.